The molecule has 3 heterocycles. The quantitative estimate of drug-likeness (QED) is 0.104. The summed E-state index contributed by atoms with van der Waals surface area (Å²) in [6, 6.07) is 3.90. The zero-order chi connectivity index (χ0) is 78.3. The number of rotatable bonds is 19. The third-order valence-electron chi connectivity index (χ3n) is 20.5. The zero-order valence-electron chi connectivity index (χ0n) is 65.1. The van der Waals surface area contributed by atoms with Gasteiger partial charge in [-0.2, -0.15) is 0 Å². The van der Waals surface area contributed by atoms with Crippen LogP contribution in [0.2, 0.25) is 0 Å². The van der Waals surface area contributed by atoms with Gasteiger partial charge in [-0.15, -0.1) is 0 Å². The Balaban J connectivity index is 1.70. The minimum Gasteiger partial charge on any atom is -0.391 e. The number of amides is 11. The van der Waals surface area contributed by atoms with E-state index in [2.05, 4.69) is 26.6 Å². The van der Waals surface area contributed by atoms with E-state index in [1.54, 1.807) is 84.3 Å². The van der Waals surface area contributed by atoms with Crippen molar-refractivity contribution in [3.05, 3.63) is 71.8 Å². The molecular formula is C77H123F2N13O13. The van der Waals surface area contributed by atoms with Crippen LogP contribution in [0, 0.1) is 23.7 Å². The Morgan fingerprint density at radius 3 is 1.52 bits per heavy atom. The monoisotopic (exact) mass is 1480 g/mol. The van der Waals surface area contributed by atoms with Gasteiger partial charge in [0.15, 0.2) is 0 Å². The second-order valence-corrected chi connectivity index (χ2v) is 30.9. The summed E-state index contributed by atoms with van der Waals surface area (Å²) in [5, 5.41) is 38.0. The maximum absolute atomic E-state index is 15.4. The summed E-state index contributed by atoms with van der Waals surface area (Å²) < 4.78 is 29.1. The Morgan fingerprint density at radius 2 is 1.03 bits per heavy atom. The molecule has 0 aliphatic carbocycles. The highest BCUT2D eigenvalue weighted by Crippen LogP contribution is 2.29. The number of likely N-dealkylation sites (N-methyl/N-ethyl adjacent to an activating group) is 5. The van der Waals surface area contributed by atoms with Crippen LogP contribution in [0.25, 0.3) is 0 Å². The van der Waals surface area contributed by atoms with Crippen LogP contribution >= 0.6 is 0 Å². The number of nitrogens with one attached hydrogen (secondary N) is 5. The van der Waals surface area contributed by atoms with Gasteiger partial charge in [0.2, 0.25) is 65.0 Å². The van der Waals surface area contributed by atoms with E-state index in [0.29, 0.717) is 49.9 Å². The van der Waals surface area contributed by atoms with E-state index in [-0.39, 0.29) is 82.5 Å². The molecule has 0 bridgehead atoms. The molecule has 2 aromatic carbocycles. The van der Waals surface area contributed by atoms with Gasteiger partial charge in [0.25, 0.3) is 5.92 Å². The first-order valence-corrected chi connectivity index (χ1v) is 37.8. The summed E-state index contributed by atoms with van der Waals surface area (Å²) in [6.45, 7) is 19.3. The lowest BCUT2D eigenvalue weighted by molar-refractivity contribution is -0.150. The molecule has 3 fully saturated rings. The number of aliphatic hydroxyl groups excluding tert-OH is 2. The molecule has 105 heavy (non-hydrogen) atoms. The smallest absolute Gasteiger partial charge is 0.250 e. The Labute approximate surface area is 621 Å². The van der Waals surface area contributed by atoms with E-state index >= 15 is 38.4 Å². The van der Waals surface area contributed by atoms with Gasteiger partial charge in [0, 0.05) is 93.1 Å². The van der Waals surface area contributed by atoms with Gasteiger partial charge in [-0.05, 0) is 107 Å². The standard InChI is InChI=1S/C77H123F2N13O13/c1-17-18-35-92-47-64(95)86(13)60(43-50(6)7)69(98)81-57(42-49(4)5)72(101)89(16)62(45-55-30-24-20-25-31-55)74(103)85(12)52(10)67(96)80-58(73(102)91-36-26-21-27-37-91)46-63(94)83-65(51(8)9)75(104)88(15)61(44-54-28-22-19-23-29-54)70(99)82-56(41-48(2)3)71(100)87(14)59(68(97)84-66(53(11)93)76(92)105)32-38-90-39-33-77(78,79)34-40-90/h19-20,22-25,28-31,48-53,56-62,64-66,93,95H,17-18,21,26-27,32-47H2,1-16H3,(H,80,96)(H,81,98)(H,82,99)(H,83,94)(H,84,97)/t52-,53+,56-,57-,58-,59-,60-,61-,62-,64?,65+,66-/m0/s1. The van der Waals surface area contributed by atoms with Crippen LogP contribution in [0.5, 0.6) is 0 Å². The number of piperidine rings is 2. The van der Waals surface area contributed by atoms with E-state index in [4.69, 9.17) is 0 Å². The van der Waals surface area contributed by atoms with Crippen LogP contribution in [-0.4, -0.2) is 274 Å². The number of aliphatic hydroxyl groups is 2. The van der Waals surface area contributed by atoms with Crippen LogP contribution in [0.4, 0.5) is 8.78 Å². The van der Waals surface area contributed by atoms with Crippen molar-refractivity contribution in [2.75, 3.05) is 81.1 Å². The van der Waals surface area contributed by atoms with Crippen molar-refractivity contribution in [1.82, 2.24) is 65.8 Å². The van der Waals surface area contributed by atoms with Gasteiger partial charge in [-0.25, -0.2) is 8.78 Å². The normalized spacial score (nSPS) is 26.8. The summed E-state index contributed by atoms with van der Waals surface area (Å²) in [5.41, 5.74) is 1.27. The summed E-state index contributed by atoms with van der Waals surface area (Å²) >= 11 is 0. The summed E-state index contributed by atoms with van der Waals surface area (Å²) in [4.78, 5) is 177. The van der Waals surface area contributed by atoms with Crippen molar-refractivity contribution in [2.24, 2.45) is 23.7 Å². The zero-order valence-corrected chi connectivity index (χ0v) is 65.1. The SMILES string of the molecule is CCCCN1CC(O)N(C)[C@@H](CC(C)C)C(=O)N[C@@H](CC(C)C)C(=O)N(C)[C@@H](Cc2ccccc2)C(=O)N(C)[C@@H](C)C(=O)N[C@H](C(=O)N2CCCCC2)CC(=O)N[C@H](C(C)C)C(=O)N(C)[C@@H](Cc2ccccc2)C(=O)N[C@@H](CC(C)C)C(=O)N(C)[C@@H](CCN2CCC(F)(F)CC2)C(=O)N[C@@H]([C@@H](C)O)C1=O. The van der Waals surface area contributed by atoms with Crippen LogP contribution < -0.4 is 26.6 Å². The first kappa shape index (κ1) is 87.9. The van der Waals surface area contributed by atoms with E-state index in [1.807, 2.05) is 48.5 Å². The Kier molecular flexibility index (Phi) is 34.7. The van der Waals surface area contributed by atoms with Gasteiger partial charge in [-0.1, -0.05) is 129 Å². The number of halogens is 2. The molecule has 588 valence electrons. The molecule has 7 N–H and O–H groups in total. The molecule has 12 atom stereocenters. The second-order valence-electron chi connectivity index (χ2n) is 30.9. The third kappa shape index (κ3) is 26.1. The molecule has 28 heteroatoms. The average Bonchev–Trinajstić information content (AvgIpc) is 0.823. The highest BCUT2D eigenvalue weighted by Gasteiger charge is 2.44. The Hall–Kier alpha value is -7.69. The highest BCUT2D eigenvalue weighted by atomic mass is 19.3. The number of unbranched alkanes of at least 4 members (excludes halogenated alkanes) is 1. The summed E-state index contributed by atoms with van der Waals surface area (Å²) in [6.07, 6.45) is -1.67. The van der Waals surface area contributed by atoms with E-state index < -0.39 is 175 Å². The van der Waals surface area contributed by atoms with Crippen molar-refractivity contribution in [3.63, 3.8) is 0 Å². The van der Waals surface area contributed by atoms with Crippen LogP contribution in [0.1, 0.15) is 164 Å². The molecule has 3 aliphatic rings. The molecular weight excluding hydrogens is 1350 g/mol. The molecule has 26 nitrogen and oxygen atoms in total. The molecule has 0 spiro atoms. The lowest BCUT2D eigenvalue weighted by Crippen LogP contribution is -2.62. The van der Waals surface area contributed by atoms with Crippen molar-refractivity contribution < 1.29 is 71.7 Å². The molecule has 5 rings (SSSR count). The minimum absolute atomic E-state index is 0.00445. The third-order valence-corrected chi connectivity index (χ3v) is 20.5. The van der Waals surface area contributed by atoms with Gasteiger partial charge in [0.05, 0.1) is 25.1 Å². The fraction of sp³-hybridized carbons (Fsp3) is 0.701. The first-order valence-electron chi connectivity index (χ1n) is 37.8. The predicted molar refractivity (Wildman–Crippen MR) is 396 cm³/mol. The molecule has 0 saturated carbocycles. The summed E-state index contributed by atoms with van der Waals surface area (Å²) in [5.74, 6) is -12.4. The largest absolute Gasteiger partial charge is 0.391 e. The van der Waals surface area contributed by atoms with Crippen LogP contribution in [-0.2, 0) is 65.6 Å². The molecule has 11 amide bonds. The molecule has 3 aliphatic heterocycles. The van der Waals surface area contributed by atoms with Crippen LogP contribution in [0.3, 0.4) is 0 Å². The lowest BCUT2D eigenvalue weighted by Gasteiger charge is -2.38. The van der Waals surface area contributed by atoms with Crippen molar-refractivity contribution in [1.29, 1.82) is 0 Å². The van der Waals surface area contributed by atoms with E-state index in [9.17, 15) is 33.4 Å². The maximum Gasteiger partial charge on any atom is 0.250 e. The lowest BCUT2D eigenvalue weighted by atomic mass is 9.97. The molecule has 0 radical (unpaired) electrons. The summed E-state index contributed by atoms with van der Waals surface area (Å²) in [7, 11) is 7.06. The van der Waals surface area contributed by atoms with Crippen molar-refractivity contribution >= 4 is 65.0 Å². The second kappa shape index (κ2) is 41.4. The predicted octanol–water partition coefficient (Wildman–Crippen LogP) is 4.18. The molecule has 2 aromatic rings. The Bertz CT molecular complexity index is 3190. The molecule has 3 saturated heterocycles. The molecule has 0 aromatic heterocycles. The van der Waals surface area contributed by atoms with E-state index in [1.165, 1.54) is 68.7 Å². The van der Waals surface area contributed by atoms with Gasteiger partial charge >= 0.3 is 0 Å². The number of alkyl halides is 2. The number of carbonyl (C=O) groups excluding carboxylic acids is 11. The van der Waals surface area contributed by atoms with Gasteiger partial charge in [-0.3, -0.25) is 57.6 Å². The average molecular weight is 1480 g/mol. The maximum atomic E-state index is 15.4. The van der Waals surface area contributed by atoms with Gasteiger partial charge in [0.1, 0.15) is 60.6 Å². The molecule has 1 unspecified atom stereocenters. The fourth-order valence-electron chi connectivity index (χ4n) is 13.7. The number of hydrogen-bond acceptors (Lipinski definition) is 15. The van der Waals surface area contributed by atoms with Crippen molar-refractivity contribution in [2.45, 2.75) is 245 Å². The number of carbonyl (C=O) groups is 11. The fourth-order valence-corrected chi connectivity index (χ4v) is 13.7. The number of benzene rings is 2. The number of β-amino-alcohol motifs (C(OH)–C–C–N with tert-alkyl or cyclic N) is 1. The Morgan fingerprint density at radius 1 is 0.543 bits per heavy atom. The number of nitrogens with zero attached hydrogens (tertiary/aromatic N) is 8. The number of hydrogen-bond donors (Lipinski definition) is 7. The van der Waals surface area contributed by atoms with Crippen LogP contribution in [0.15, 0.2) is 60.7 Å². The minimum atomic E-state index is -2.91. The topological polar surface area (TPSA) is 314 Å². The first-order chi connectivity index (χ1) is 49.4. The van der Waals surface area contributed by atoms with E-state index in [0.717, 1.165) is 16.2 Å². The highest BCUT2D eigenvalue weighted by molar-refractivity contribution is 5.99. The van der Waals surface area contributed by atoms with Crippen molar-refractivity contribution in [3.8, 4) is 0 Å². The number of likely N-dealkylation sites (tertiary alicyclic amines) is 2. The van der Waals surface area contributed by atoms with Gasteiger partial charge < -0.3 is 71.1 Å².